The number of allylic oxidation sites excluding steroid dienone is 1. The van der Waals surface area contributed by atoms with E-state index in [1.807, 2.05) is 44.2 Å². The van der Waals surface area contributed by atoms with Crippen LogP contribution >= 0.6 is 0 Å². The number of nitrogens with zero attached hydrogens (tertiary/aromatic N) is 4. The molecule has 2 heterocycles. The first-order valence-electron chi connectivity index (χ1n) is 7.87. The van der Waals surface area contributed by atoms with E-state index >= 15 is 0 Å². The first kappa shape index (κ1) is 16.1. The number of hydrogen-bond donors (Lipinski definition) is 0. The van der Waals surface area contributed by atoms with Crippen molar-refractivity contribution in [2.45, 2.75) is 33.6 Å². The van der Waals surface area contributed by atoms with Crippen molar-refractivity contribution in [3.05, 3.63) is 64.7 Å². The molecule has 0 aliphatic heterocycles. The Balaban J connectivity index is 1.85. The Bertz CT molecular complexity index is 925. The highest BCUT2D eigenvalue weighted by Crippen LogP contribution is 2.17. The molecule has 1 aromatic carbocycles. The zero-order valence-electron chi connectivity index (χ0n) is 13.9. The Kier molecular flexibility index (Phi) is 4.57. The number of ether oxygens (including phenoxy) is 1. The number of fused-ring (bicyclic) bond motifs is 1. The lowest BCUT2D eigenvalue weighted by Gasteiger charge is -2.07. The molecule has 0 saturated heterocycles. The van der Waals surface area contributed by atoms with Crippen molar-refractivity contribution in [3.8, 4) is 0 Å². The standard InChI is InChI=1S/C18H20N4O2/c1-4-13(2)22-16-10-19-21(18(23)17(16)14(3)20-22)12-24-11-15-8-6-5-7-9-15/h5-10H,2,4,11-12H2,1,3H3. The number of aromatic nitrogens is 4. The minimum atomic E-state index is -0.201. The summed E-state index contributed by atoms with van der Waals surface area (Å²) < 4.78 is 8.61. The smallest absolute Gasteiger partial charge is 0.280 e. The second-order valence-corrected chi connectivity index (χ2v) is 5.59. The molecule has 0 bridgehead atoms. The van der Waals surface area contributed by atoms with Crippen molar-refractivity contribution in [1.29, 1.82) is 0 Å². The zero-order chi connectivity index (χ0) is 17.1. The summed E-state index contributed by atoms with van der Waals surface area (Å²) in [5, 5.41) is 9.18. The fourth-order valence-corrected chi connectivity index (χ4v) is 2.54. The Hall–Kier alpha value is -2.73. The highest BCUT2D eigenvalue weighted by molar-refractivity contribution is 5.82. The number of aryl methyl sites for hydroxylation is 1. The van der Waals surface area contributed by atoms with Crippen LogP contribution < -0.4 is 5.56 Å². The van der Waals surface area contributed by atoms with Gasteiger partial charge in [0.15, 0.2) is 0 Å². The van der Waals surface area contributed by atoms with E-state index in [4.69, 9.17) is 4.74 Å². The molecule has 6 nitrogen and oxygen atoms in total. The third-order valence-corrected chi connectivity index (χ3v) is 3.90. The van der Waals surface area contributed by atoms with Gasteiger partial charge in [-0.15, -0.1) is 0 Å². The Morgan fingerprint density at radius 3 is 2.75 bits per heavy atom. The lowest BCUT2D eigenvalue weighted by Crippen LogP contribution is -2.24. The fourth-order valence-electron chi connectivity index (χ4n) is 2.54. The van der Waals surface area contributed by atoms with E-state index in [9.17, 15) is 4.79 Å². The summed E-state index contributed by atoms with van der Waals surface area (Å²) >= 11 is 0. The maximum absolute atomic E-state index is 12.7. The quantitative estimate of drug-likeness (QED) is 0.699. The third kappa shape index (κ3) is 3.00. The van der Waals surface area contributed by atoms with Crippen molar-refractivity contribution in [2.75, 3.05) is 0 Å². The predicted octanol–water partition coefficient (Wildman–Crippen LogP) is 2.96. The van der Waals surface area contributed by atoms with Gasteiger partial charge in [0.05, 0.1) is 29.4 Å². The van der Waals surface area contributed by atoms with Gasteiger partial charge in [-0.1, -0.05) is 43.8 Å². The summed E-state index contributed by atoms with van der Waals surface area (Å²) in [6.45, 7) is 8.33. The molecule has 124 valence electrons. The van der Waals surface area contributed by atoms with Crippen LogP contribution in [0, 0.1) is 6.92 Å². The molecule has 2 aromatic heterocycles. The molecule has 0 radical (unpaired) electrons. The van der Waals surface area contributed by atoms with Crippen molar-refractivity contribution in [1.82, 2.24) is 19.6 Å². The lowest BCUT2D eigenvalue weighted by atomic mass is 10.2. The molecule has 0 aliphatic rings. The van der Waals surface area contributed by atoms with E-state index in [1.165, 1.54) is 4.68 Å². The van der Waals surface area contributed by atoms with E-state index in [-0.39, 0.29) is 12.3 Å². The van der Waals surface area contributed by atoms with Crippen molar-refractivity contribution >= 4 is 16.6 Å². The SMILES string of the molecule is C=C(CC)n1nc(C)c2c(=O)n(COCc3ccccc3)ncc21. The molecule has 24 heavy (non-hydrogen) atoms. The minimum Gasteiger partial charge on any atom is -0.354 e. The average molecular weight is 324 g/mol. The predicted molar refractivity (Wildman–Crippen MR) is 93.4 cm³/mol. The normalized spacial score (nSPS) is 11.1. The Morgan fingerprint density at radius 2 is 2.04 bits per heavy atom. The second-order valence-electron chi connectivity index (χ2n) is 5.59. The number of rotatable bonds is 6. The van der Waals surface area contributed by atoms with Gasteiger partial charge in [0.2, 0.25) is 0 Å². The van der Waals surface area contributed by atoms with Gasteiger partial charge in [0.1, 0.15) is 6.73 Å². The molecule has 3 aromatic rings. The van der Waals surface area contributed by atoms with Crippen LogP contribution in [0.15, 0.2) is 47.9 Å². The van der Waals surface area contributed by atoms with Crippen LogP contribution in [0.3, 0.4) is 0 Å². The molecule has 0 unspecified atom stereocenters. The highest BCUT2D eigenvalue weighted by Gasteiger charge is 2.14. The first-order valence-corrected chi connectivity index (χ1v) is 7.87. The maximum atomic E-state index is 12.7. The number of benzene rings is 1. The molecule has 6 heteroatoms. The number of hydrogen-bond acceptors (Lipinski definition) is 4. The van der Waals surface area contributed by atoms with Crippen LogP contribution in [0.1, 0.15) is 24.6 Å². The molecule has 0 fully saturated rings. The summed E-state index contributed by atoms with van der Waals surface area (Å²) in [6, 6.07) is 9.81. The monoisotopic (exact) mass is 324 g/mol. The van der Waals surface area contributed by atoms with E-state index in [2.05, 4.69) is 16.8 Å². The molecule has 0 N–H and O–H groups in total. The topological polar surface area (TPSA) is 61.9 Å². The zero-order valence-corrected chi connectivity index (χ0v) is 13.9. The molecular formula is C18H20N4O2. The van der Waals surface area contributed by atoms with Crippen LogP contribution in [-0.4, -0.2) is 19.6 Å². The molecule has 0 amide bonds. The summed E-state index contributed by atoms with van der Waals surface area (Å²) in [7, 11) is 0. The van der Waals surface area contributed by atoms with Gasteiger partial charge in [-0.3, -0.25) is 4.79 Å². The lowest BCUT2D eigenvalue weighted by molar-refractivity contribution is 0.0532. The minimum absolute atomic E-state index is 0.100. The maximum Gasteiger partial charge on any atom is 0.280 e. The molecule has 0 aliphatic carbocycles. The van der Waals surface area contributed by atoms with Crippen LogP contribution in [0.4, 0.5) is 0 Å². The van der Waals surface area contributed by atoms with E-state index < -0.39 is 0 Å². The molecule has 0 atom stereocenters. The fraction of sp³-hybridized carbons (Fsp3) is 0.278. The molecular weight excluding hydrogens is 304 g/mol. The molecule has 0 saturated carbocycles. The van der Waals surface area contributed by atoms with Gasteiger partial charge >= 0.3 is 0 Å². The van der Waals surface area contributed by atoms with Gasteiger partial charge in [0.25, 0.3) is 5.56 Å². The van der Waals surface area contributed by atoms with Crippen molar-refractivity contribution in [3.63, 3.8) is 0 Å². The van der Waals surface area contributed by atoms with Crippen LogP contribution in [0.5, 0.6) is 0 Å². The van der Waals surface area contributed by atoms with E-state index in [0.29, 0.717) is 23.2 Å². The first-order chi connectivity index (χ1) is 11.6. The largest absolute Gasteiger partial charge is 0.354 e. The van der Waals surface area contributed by atoms with E-state index in [0.717, 1.165) is 17.7 Å². The van der Waals surface area contributed by atoms with Crippen LogP contribution in [0.25, 0.3) is 16.6 Å². The van der Waals surface area contributed by atoms with Gasteiger partial charge < -0.3 is 4.74 Å². The van der Waals surface area contributed by atoms with Gasteiger partial charge in [0, 0.05) is 5.70 Å². The summed E-state index contributed by atoms with van der Waals surface area (Å²) in [6.07, 6.45) is 2.39. The Labute approximate surface area is 140 Å². The van der Waals surface area contributed by atoms with E-state index in [1.54, 1.807) is 10.9 Å². The second kappa shape index (κ2) is 6.80. The highest BCUT2D eigenvalue weighted by atomic mass is 16.5. The molecule has 0 spiro atoms. The molecule has 3 rings (SSSR count). The van der Waals surface area contributed by atoms with Crippen LogP contribution in [-0.2, 0) is 18.1 Å². The third-order valence-electron chi connectivity index (χ3n) is 3.90. The van der Waals surface area contributed by atoms with Crippen LogP contribution in [0.2, 0.25) is 0 Å². The van der Waals surface area contributed by atoms with Crippen molar-refractivity contribution in [2.24, 2.45) is 0 Å². The summed E-state index contributed by atoms with van der Waals surface area (Å²) in [4.78, 5) is 12.7. The van der Waals surface area contributed by atoms with Crippen molar-refractivity contribution < 1.29 is 4.74 Å². The Morgan fingerprint density at radius 1 is 1.29 bits per heavy atom. The van der Waals surface area contributed by atoms with Gasteiger partial charge in [-0.05, 0) is 18.9 Å². The van der Waals surface area contributed by atoms with Gasteiger partial charge in [-0.25, -0.2) is 9.36 Å². The summed E-state index contributed by atoms with van der Waals surface area (Å²) in [5.74, 6) is 0. The average Bonchev–Trinajstić information content (AvgIpc) is 2.94. The summed E-state index contributed by atoms with van der Waals surface area (Å²) in [5.41, 5.74) is 3.03. The van der Waals surface area contributed by atoms with Gasteiger partial charge in [-0.2, -0.15) is 10.2 Å².